The SMILES string of the molecule is COc1ncc(C2=NOC3CC(C(C)(C)O)CC23)cc1C(=O)N[C@H]1[C@@H](C(=O)Nc2ccc(F)c(C(F)(F)F)c2)[C@H]2CC[C@@H]1/C2=C\C1CC1. The van der Waals surface area contributed by atoms with Crippen molar-refractivity contribution in [2.24, 2.45) is 40.7 Å². The van der Waals surface area contributed by atoms with Crippen LogP contribution in [-0.4, -0.2) is 52.5 Å². The maximum atomic E-state index is 14.0. The van der Waals surface area contributed by atoms with E-state index in [4.69, 9.17) is 9.57 Å². The van der Waals surface area contributed by atoms with Crippen molar-refractivity contribution in [3.05, 3.63) is 64.6 Å². The first kappa shape index (κ1) is 32.5. The molecule has 0 radical (unpaired) electrons. The van der Waals surface area contributed by atoms with Crippen LogP contribution < -0.4 is 15.4 Å². The number of hydrogen-bond donors (Lipinski definition) is 3. The summed E-state index contributed by atoms with van der Waals surface area (Å²) in [7, 11) is 1.40. The first-order chi connectivity index (χ1) is 22.7. The van der Waals surface area contributed by atoms with E-state index in [1.807, 2.05) is 0 Å². The molecule has 48 heavy (non-hydrogen) atoms. The molecule has 1 aliphatic heterocycles. The number of aromatic nitrogens is 1. The van der Waals surface area contributed by atoms with Crippen molar-refractivity contribution >= 4 is 23.2 Å². The van der Waals surface area contributed by atoms with E-state index in [0.29, 0.717) is 48.6 Å². The number of methoxy groups -OCH3 is 1. The number of oxime groups is 1. The number of carbonyl (C=O) groups excluding carboxylic acids is 2. The minimum atomic E-state index is -4.93. The van der Waals surface area contributed by atoms with Crippen LogP contribution >= 0.6 is 0 Å². The van der Waals surface area contributed by atoms with E-state index < -0.39 is 46.9 Å². The highest BCUT2D eigenvalue weighted by molar-refractivity contribution is 6.06. The molecule has 1 aromatic carbocycles. The molecule has 4 aliphatic carbocycles. The quantitative estimate of drug-likeness (QED) is 0.238. The van der Waals surface area contributed by atoms with Crippen molar-refractivity contribution in [1.29, 1.82) is 0 Å². The predicted molar refractivity (Wildman–Crippen MR) is 167 cm³/mol. The van der Waals surface area contributed by atoms with Gasteiger partial charge in [-0.1, -0.05) is 16.8 Å². The number of hydrogen-bond acceptors (Lipinski definition) is 7. The predicted octanol–water partition coefficient (Wildman–Crippen LogP) is 5.88. The Hall–Kier alpha value is -4.00. The highest BCUT2D eigenvalue weighted by Gasteiger charge is 2.55. The van der Waals surface area contributed by atoms with E-state index in [1.54, 1.807) is 26.1 Å². The van der Waals surface area contributed by atoms with Gasteiger partial charge in [0.2, 0.25) is 11.8 Å². The third-order valence-corrected chi connectivity index (χ3v) is 10.8. The summed E-state index contributed by atoms with van der Waals surface area (Å²) >= 11 is 0. The lowest BCUT2D eigenvalue weighted by Gasteiger charge is -2.30. The largest absolute Gasteiger partial charge is 0.480 e. The third-order valence-electron chi connectivity index (χ3n) is 10.8. The monoisotopic (exact) mass is 670 g/mol. The molecule has 5 aliphatic rings. The second-order valence-electron chi connectivity index (χ2n) is 14.3. The highest BCUT2D eigenvalue weighted by atomic mass is 19.4. The molecule has 4 saturated carbocycles. The van der Waals surface area contributed by atoms with Gasteiger partial charge in [-0.15, -0.1) is 0 Å². The van der Waals surface area contributed by atoms with E-state index in [2.05, 4.69) is 26.8 Å². The lowest BCUT2D eigenvalue weighted by molar-refractivity contribution is -0.140. The fourth-order valence-electron chi connectivity index (χ4n) is 8.19. The van der Waals surface area contributed by atoms with Crippen LogP contribution in [-0.2, 0) is 15.8 Å². The van der Waals surface area contributed by atoms with Crippen LogP contribution in [0.3, 0.4) is 0 Å². The minimum Gasteiger partial charge on any atom is -0.480 e. The van der Waals surface area contributed by atoms with Crippen LogP contribution in [0.25, 0.3) is 0 Å². The lowest BCUT2D eigenvalue weighted by Crippen LogP contribution is -2.48. The fraction of sp³-hybridized carbons (Fsp3) is 0.543. The van der Waals surface area contributed by atoms with Crippen molar-refractivity contribution in [2.75, 3.05) is 12.4 Å². The van der Waals surface area contributed by atoms with Crippen LogP contribution in [0.2, 0.25) is 0 Å². The van der Waals surface area contributed by atoms with Crippen LogP contribution in [0, 0.1) is 41.3 Å². The second-order valence-corrected chi connectivity index (χ2v) is 14.3. The molecule has 7 rings (SSSR count). The molecule has 13 heteroatoms. The Labute approximate surface area is 275 Å². The fourth-order valence-corrected chi connectivity index (χ4v) is 8.19. The maximum Gasteiger partial charge on any atom is 0.419 e. The molecular weight excluding hydrogens is 632 g/mol. The second kappa shape index (κ2) is 11.9. The van der Waals surface area contributed by atoms with Crippen molar-refractivity contribution in [2.45, 2.75) is 76.3 Å². The molecule has 256 valence electrons. The smallest absolute Gasteiger partial charge is 0.419 e. The first-order valence-electron chi connectivity index (χ1n) is 16.4. The van der Waals surface area contributed by atoms with Gasteiger partial charge in [-0.25, -0.2) is 9.37 Å². The van der Waals surface area contributed by atoms with Crippen LogP contribution in [0.1, 0.15) is 73.9 Å². The molecule has 2 heterocycles. The van der Waals surface area contributed by atoms with Gasteiger partial charge >= 0.3 is 6.18 Å². The van der Waals surface area contributed by atoms with Gasteiger partial charge in [-0.2, -0.15) is 13.2 Å². The first-order valence-corrected chi connectivity index (χ1v) is 16.4. The van der Waals surface area contributed by atoms with Crippen LogP contribution in [0.4, 0.5) is 23.2 Å². The molecule has 1 aromatic heterocycles. The molecule has 0 saturated heterocycles. The van der Waals surface area contributed by atoms with Gasteiger partial charge in [0.25, 0.3) is 5.91 Å². The number of aliphatic hydroxyl groups is 1. The molecule has 7 atom stereocenters. The molecule has 9 nitrogen and oxygen atoms in total. The zero-order valence-electron chi connectivity index (χ0n) is 26.8. The summed E-state index contributed by atoms with van der Waals surface area (Å²) in [5.74, 6) is -3.13. The van der Waals surface area contributed by atoms with Gasteiger partial charge in [0.15, 0.2) is 0 Å². The number of pyridine rings is 1. The van der Waals surface area contributed by atoms with Gasteiger partial charge in [0, 0.05) is 35.3 Å². The maximum absolute atomic E-state index is 14.0. The zero-order valence-corrected chi connectivity index (χ0v) is 26.8. The Kier molecular flexibility index (Phi) is 8.04. The van der Waals surface area contributed by atoms with E-state index in [9.17, 15) is 32.3 Å². The van der Waals surface area contributed by atoms with Gasteiger partial charge in [-0.3, -0.25) is 9.59 Å². The Morgan fingerprint density at radius 1 is 1.06 bits per heavy atom. The number of halogens is 4. The normalized spacial score (nSPS) is 30.2. The number of benzene rings is 1. The summed E-state index contributed by atoms with van der Waals surface area (Å²) in [6.45, 7) is 3.56. The van der Waals surface area contributed by atoms with E-state index in [1.165, 1.54) is 7.11 Å². The highest BCUT2D eigenvalue weighted by Crippen LogP contribution is 2.54. The summed E-state index contributed by atoms with van der Waals surface area (Å²) < 4.78 is 59.6. The Balaban J connectivity index is 1.15. The molecule has 3 unspecified atom stereocenters. The van der Waals surface area contributed by atoms with Gasteiger partial charge in [-0.05, 0) is 94.4 Å². The standard InChI is InChI=1S/C35H38F4N4O5/c1-34(2,46)18-12-23-27(13-18)48-43-29(23)17-11-24(33(47-3)40-15-17)31(44)42-30-21-8-7-20(22(21)10-16-4-5-16)28(30)32(45)41-19-6-9-26(36)25(14-19)35(37,38)39/h6,9-11,14-16,18,20-21,23,27-28,30,46H,4-5,7-8,12-13H2,1-3H3,(H,41,45)(H,42,44)/b22-10-/t18?,20-,21+,23?,27?,28-,30+/m0/s1. The molecule has 3 N–H and O–H groups in total. The molecule has 0 spiro atoms. The van der Waals surface area contributed by atoms with Gasteiger partial charge in [0.05, 0.1) is 29.9 Å². The Morgan fingerprint density at radius 3 is 2.50 bits per heavy atom. The lowest BCUT2D eigenvalue weighted by atomic mass is 9.83. The summed E-state index contributed by atoms with van der Waals surface area (Å²) in [6, 6.07) is 3.37. The summed E-state index contributed by atoms with van der Waals surface area (Å²) in [5.41, 5.74) is -0.0638. The van der Waals surface area contributed by atoms with Crippen molar-refractivity contribution in [3.8, 4) is 5.88 Å². The third kappa shape index (κ3) is 5.94. The topological polar surface area (TPSA) is 122 Å². The molecule has 2 aromatic rings. The number of rotatable bonds is 8. The Morgan fingerprint density at radius 2 is 1.81 bits per heavy atom. The van der Waals surface area contributed by atoms with Crippen molar-refractivity contribution < 1.29 is 41.8 Å². The molecule has 2 bridgehead atoms. The average Bonchev–Trinajstić information content (AvgIpc) is 3.30. The average molecular weight is 671 g/mol. The number of nitrogens with one attached hydrogen (secondary N) is 2. The number of anilines is 1. The van der Waals surface area contributed by atoms with Crippen LogP contribution in [0.15, 0.2) is 47.3 Å². The Bertz CT molecular complexity index is 1700. The van der Waals surface area contributed by atoms with Gasteiger partial charge in [0.1, 0.15) is 17.5 Å². The molecule has 4 fully saturated rings. The molecule has 2 amide bonds. The number of alkyl halides is 3. The summed E-state index contributed by atoms with van der Waals surface area (Å²) in [4.78, 5) is 38.0. The van der Waals surface area contributed by atoms with E-state index in [0.717, 1.165) is 30.9 Å². The van der Waals surface area contributed by atoms with Crippen LogP contribution in [0.5, 0.6) is 5.88 Å². The minimum absolute atomic E-state index is 0.0145. The summed E-state index contributed by atoms with van der Waals surface area (Å²) in [6.07, 6.45) is 3.53. The number of amides is 2. The zero-order chi connectivity index (χ0) is 34.1. The molecular formula is C35H38F4N4O5. The van der Waals surface area contributed by atoms with Crippen molar-refractivity contribution in [1.82, 2.24) is 10.3 Å². The summed E-state index contributed by atoms with van der Waals surface area (Å²) in [5, 5.41) is 20.6. The van der Waals surface area contributed by atoms with E-state index in [-0.39, 0.29) is 46.9 Å². The number of allylic oxidation sites excluding steroid dienone is 1. The number of nitrogens with zero attached hydrogens (tertiary/aromatic N) is 2. The number of fused-ring (bicyclic) bond motifs is 3. The number of ether oxygens (including phenoxy) is 1. The van der Waals surface area contributed by atoms with Crippen molar-refractivity contribution in [3.63, 3.8) is 0 Å². The number of carbonyl (C=O) groups is 2. The van der Waals surface area contributed by atoms with Gasteiger partial charge < -0.3 is 25.3 Å². The van der Waals surface area contributed by atoms with E-state index >= 15 is 0 Å².